The lowest BCUT2D eigenvalue weighted by atomic mass is 9.91. The van der Waals surface area contributed by atoms with Gasteiger partial charge in [0.15, 0.2) is 5.78 Å². The molecule has 5 rings (SSSR count). The molecule has 0 radical (unpaired) electrons. The molecule has 1 aliphatic heterocycles. The molecule has 0 saturated heterocycles. The summed E-state index contributed by atoms with van der Waals surface area (Å²) < 4.78 is 44.6. The van der Waals surface area contributed by atoms with E-state index in [0.29, 0.717) is 41.1 Å². The van der Waals surface area contributed by atoms with Crippen LogP contribution in [0.5, 0.6) is 5.75 Å². The smallest absolute Gasteiger partial charge is 0.416 e. The minimum atomic E-state index is -4.43. The van der Waals surface area contributed by atoms with Gasteiger partial charge in [0.25, 0.3) is 5.91 Å². The van der Waals surface area contributed by atoms with Crippen molar-refractivity contribution in [3.8, 4) is 16.9 Å². The molecule has 0 fully saturated rings. The van der Waals surface area contributed by atoms with Crippen LogP contribution in [0.15, 0.2) is 97.1 Å². The van der Waals surface area contributed by atoms with E-state index in [9.17, 15) is 22.8 Å². The van der Waals surface area contributed by atoms with E-state index in [2.05, 4.69) is 10.6 Å². The van der Waals surface area contributed by atoms with E-state index >= 15 is 0 Å². The Morgan fingerprint density at radius 3 is 2.36 bits per heavy atom. The van der Waals surface area contributed by atoms with Crippen molar-refractivity contribution in [3.05, 3.63) is 119 Å². The van der Waals surface area contributed by atoms with Crippen molar-refractivity contribution in [3.63, 3.8) is 0 Å². The van der Waals surface area contributed by atoms with Gasteiger partial charge in [-0.2, -0.15) is 13.2 Å². The molecule has 4 aromatic rings. The second kappa shape index (κ2) is 11.1. The first-order chi connectivity index (χ1) is 18.8. The minimum Gasteiger partial charge on any atom is -0.486 e. The third kappa shape index (κ3) is 6.02. The SMILES string of the molecule is O=C(Nc1ccc2c(c1)CCNC2C(=O)COc1ccccc1)c1ccccc1-c1ccc(C(F)(F)F)cc1. The fraction of sp³-hybridized carbons (Fsp3) is 0.161. The van der Waals surface area contributed by atoms with Gasteiger partial charge in [0, 0.05) is 17.8 Å². The molecule has 0 saturated carbocycles. The van der Waals surface area contributed by atoms with Crippen LogP contribution in [0.2, 0.25) is 0 Å². The van der Waals surface area contributed by atoms with Crippen LogP contribution in [0.25, 0.3) is 11.1 Å². The number of hydrogen-bond donors (Lipinski definition) is 2. The summed E-state index contributed by atoms with van der Waals surface area (Å²) in [6, 6.07) is 25.5. The van der Waals surface area contributed by atoms with E-state index < -0.39 is 17.8 Å². The zero-order valence-corrected chi connectivity index (χ0v) is 20.8. The summed E-state index contributed by atoms with van der Waals surface area (Å²) in [5.41, 5.74) is 2.96. The first kappa shape index (κ1) is 26.2. The number of ketones is 1. The fourth-order valence-corrected chi connectivity index (χ4v) is 4.65. The van der Waals surface area contributed by atoms with Gasteiger partial charge < -0.3 is 15.4 Å². The summed E-state index contributed by atoms with van der Waals surface area (Å²) in [6.07, 6.45) is -3.75. The Morgan fingerprint density at radius 1 is 0.897 bits per heavy atom. The number of para-hydroxylation sites is 1. The Balaban J connectivity index is 1.31. The standard InChI is InChI=1S/C31H25F3N2O3/c32-31(33,34)22-12-10-20(11-13-22)25-8-4-5-9-27(25)30(38)36-23-14-15-26-21(18-23)16-17-35-29(26)28(37)19-39-24-6-2-1-3-7-24/h1-15,18,29,35H,16-17,19H2,(H,36,38). The van der Waals surface area contributed by atoms with E-state index in [0.717, 1.165) is 23.3 Å². The lowest BCUT2D eigenvalue weighted by Crippen LogP contribution is -2.37. The van der Waals surface area contributed by atoms with Crippen LogP contribution >= 0.6 is 0 Å². The zero-order valence-electron chi connectivity index (χ0n) is 20.8. The first-order valence-electron chi connectivity index (χ1n) is 12.4. The van der Waals surface area contributed by atoms with Crippen LogP contribution in [0.4, 0.5) is 18.9 Å². The van der Waals surface area contributed by atoms with Crippen LogP contribution in [-0.4, -0.2) is 24.8 Å². The summed E-state index contributed by atoms with van der Waals surface area (Å²) in [5.74, 6) is 0.141. The second-order valence-electron chi connectivity index (χ2n) is 9.19. The molecule has 1 heterocycles. The number of carbonyl (C=O) groups is 2. The van der Waals surface area contributed by atoms with Crippen molar-refractivity contribution in [2.75, 3.05) is 18.5 Å². The number of amides is 1. The number of anilines is 1. The highest BCUT2D eigenvalue weighted by molar-refractivity contribution is 6.08. The molecule has 0 aromatic heterocycles. The highest BCUT2D eigenvalue weighted by Crippen LogP contribution is 2.32. The van der Waals surface area contributed by atoms with Crippen LogP contribution in [0, 0.1) is 0 Å². The van der Waals surface area contributed by atoms with Crippen molar-refractivity contribution in [2.45, 2.75) is 18.6 Å². The highest BCUT2D eigenvalue weighted by Gasteiger charge is 2.30. The number of nitrogens with one attached hydrogen (secondary N) is 2. The number of fused-ring (bicyclic) bond motifs is 1. The summed E-state index contributed by atoms with van der Waals surface area (Å²) in [5, 5.41) is 6.14. The van der Waals surface area contributed by atoms with Gasteiger partial charge in [-0.15, -0.1) is 0 Å². The van der Waals surface area contributed by atoms with Crippen molar-refractivity contribution in [2.24, 2.45) is 0 Å². The lowest BCUT2D eigenvalue weighted by molar-refractivity contribution is -0.137. The molecule has 1 unspecified atom stereocenters. The van der Waals surface area contributed by atoms with Gasteiger partial charge >= 0.3 is 6.18 Å². The molecule has 2 N–H and O–H groups in total. The second-order valence-corrected chi connectivity index (χ2v) is 9.19. The van der Waals surface area contributed by atoms with Gasteiger partial charge in [0.2, 0.25) is 0 Å². The maximum atomic E-state index is 13.2. The zero-order chi connectivity index (χ0) is 27.4. The topological polar surface area (TPSA) is 67.4 Å². The molecule has 1 atom stereocenters. The predicted molar refractivity (Wildman–Crippen MR) is 143 cm³/mol. The Morgan fingerprint density at radius 2 is 1.62 bits per heavy atom. The van der Waals surface area contributed by atoms with Gasteiger partial charge in [0.05, 0.1) is 11.6 Å². The lowest BCUT2D eigenvalue weighted by Gasteiger charge is -2.26. The summed E-state index contributed by atoms with van der Waals surface area (Å²) >= 11 is 0. The van der Waals surface area contributed by atoms with Crippen molar-refractivity contribution < 1.29 is 27.5 Å². The normalized spacial score (nSPS) is 14.8. The minimum absolute atomic E-state index is 0.0691. The summed E-state index contributed by atoms with van der Waals surface area (Å²) in [4.78, 5) is 26.1. The maximum absolute atomic E-state index is 13.2. The van der Waals surface area contributed by atoms with Gasteiger partial charge in [-0.05, 0) is 71.1 Å². The Hall–Kier alpha value is -4.43. The van der Waals surface area contributed by atoms with Gasteiger partial charge in [-0.25, -0.2) is 0 Å². The number of benzene rings is 4. The van der Waals surface area contributed by atoms with Crippen LogP contribution in [-0.2, 0) is 17.4 Å². The molecular formula is C31H25F3N2O3. The fourth-order valence-electron chi connectivity index (χ4n) is 4.65. The molecule has 0 spiro atoms. The molecule has 1 amide bonds. The molecule has 8 heteroatoms. The van der Waals surface area contributed by atoms with Crippen LogP contribution in [0.3, 0.4) is 0 Å². The van der Waals surface area contributed by atoms with E-state index in [1.54, 1.807) is 42.5 Å². The molecular weight excluding hydrogens is 505 g/mol. The summed E-state index contributed by atoms with van der Waals surface area (Å²) in [7, 11) is 0. The molecule has 1 aliphatic rings. The van der Waals surface area contributed by atoms with Crippen molar-refractivity contribution in [1.82, 2.24) is 5.32 Å². The number of ether oxygens (including phenoxy) is 1. The number of rotatable bonds is 7. The van der Waals surface area contributed by atoms with Crippen molar-refractivity contribution >= 4 is 17.4 Å². The number of hydrogen-bond acceptors (Lipinski definition) is 4. The van der Waals surface area contributed by atoms with Gasteiger partial charge in [0.1, 0.15) is 12.4 Å². The number of Topliss-reactive ketones (excluding diaryl/α,β-unsaturated/α-hetero) is 1. The molecule has 4 aromatic carbocycles. The van der Waals surface area contributed by atoms with E-state index in [-0.39, 0.29) is 18.3 Å². The van der Waals surface area contributed by atoms with E-state index in [1.165, 1.54) is 12.1 Å². The molecule has 198 valence electrons. The highest BCUT2D eigenvalue weighted by atomic mass is 19.4. The average molecular weight is 531 g/mol. The quantitative estimate of drug-likeness (QED) is 0.288. The third-order valence-electron chi connectivity index (χ3n) is 6.60. The average Bonchev–Trinajstić information content (AvgIpc) is 2.95. The van der Waals surface area contributed by atoms with Gasteiger partial charge in [-0.3, -0.25) is 9.59 Å². The maximum Gasteiger partial charge on any atom is 0.416 e. The van der Waals surface area contributed by atoms with E-state index in [1.807, 2.05) is 30.3 Å². The van der Waals surface area contributed by atoms with E-state index in [4.69, 9.17) is 4.74 Å². The van der Waals surface area contributed by atoms with Gasteiger partial charge in [-0.1, -0.05) is 54.6 Å². The number of carbonyl (C=O) groups excluding carboxylic acids is 2. The largest absolute Gasteiger partial charge is 0.486 e. The first-order valence-corrected chi connectivity index (χ1v) is 12.4. The predicted octanol–water partition coefficient (Wildman–Crippen LogP) is 6.46. The van der Waals surface area contributed by atoms with Crippen molar-refractivity contribution in [1.29, 1.82) is 0 Å². The Bertz CT molecular complexity index is 1490. The number of alkyl halides is 3. The van der Waals surface area contributed by atoms with Crippen LogP contribution in [0.1, 0.15) is 33.1 Å². The number of halogens is 3. The summed E-state index contributed by atoms with van der Waals surface area (Å²) in [6.45, 7) is 0.531. The molecule has 5 nitrogen and oxygen atoms in total. The Kier molecular flexibility index (Phi) is 7.47. The molecule has 39 heavy (non-hydrogen) atoms. The Labute approximate surface area is 223 Å². The van der Waals surface area contributed by atoms with Crippen LogP contribution < -0.4 is 15.4 Å². The third-order valence-corrected chi connectivity index (χ3v) is 6.60. The molecule has 0 aliphatic carbocycles. The monoisotopic (exact) mass is 530 g/mol. The molecule has 0 bridgehead atoms.